The van der Waals surface area contributed by atoms with Crippen LogP contribution in [0.3, 0.4) is 0 Å². The smallest absolute Gasteiger partial charge is 0.351 e. The van der Waals surface area contributed by atoms with Crippen LogP contribution in [0.5, 0.6) is 0 Å². The molecule has 1 fully saturated rings. The maximum atomic E-state index is 13.1. The summed E-state index contributed by atoms with van der Waals surface area (Å²) in [6.45, 7) is 22.4. The second-order valence-corrected chi connectivity index (χ2v) is 24.3. The molecule has 0 bridgehead atoms. The predicted octanol–water partition coefficient (Wildman–Crippen LogP) is 3.34. The molecule has 11 nitrogen and oxygen atoms in total. The van der Waals surface area contributed by atoms with Gasteiger partial charge in [0.2, 0.25) is 0 Å². The highest BCUT2D eigenvalue weighted by atomic mass is 32.2. The molecule has 216 valence electrons. The second-order valence-electron chi connectivity index (χ2n) is 13.3. The highest BCUT2D eigenvalue weighted by Crippen LogP contribution is 2.52. The Balaban J connectivity index is 2.23. The van der Waals surface area contributed by atoms with Crippen LogP contribution < -0.4 is 17.2 Å². The molecule has 1 aromatic heterocycles. The first-order chi connectivity index (χ1) is 17.0. The van der Waals surface area contributed by atoms with Gasteiger partial charge in [0.15, 0.2) is 28.5 Å². The summed E-state index contributed by atoms with van der Waals surface area (Å²) in [6, 6.07) is 0. The third-order valence-electron chi connectivity index (χ3n) is 8.52. The molecule has 14 heteroatoms. The Morgan fingerprint density at radius 2 is 1.63 bits per heavy atom. The Bertz CT molecular complexity index is 1280. The van der Waals surface area contributed by atoms with Crippen LogP contribution in [0.2, 0.25) is 36.3 Å². The van der Waals surface area contributed by atoms with Gasteiger partial charge in [0.05, 0.1) is 17.7 Å². The van der Waals surface area contributed by atoms with Gasteiger partial charge in [0.1, 0.15) is 18.0 Å². The van der Waals surface area contributed by atoms with Crippen LogP contribution in [0.15, 0.2) is 22.1 Å². The van der Waals surface area contributed by atoms with Crippen molar-refractivity contribution in [3.63, 3.8) is 0 Å². The van der Waals surface area contributed by atoms with E-state index in [2.05, 4.69) is 59.6 Å². The minimum absolute atomic E-state index is 0.00938. The van der Waals surface area contributed by atoms with Crippen molar-refractivity contribution in [1.82, 2.24) is 9.55 Å². The first-order valence-corrected chi connectivity index (χ1v) is 20.0. The Morgan fingerprint density at radius 1 is 1.08 bits per heavy atom. The summed E-state index contributed by atoms with van der Waals surface area (Å²) in [5, 5.41) is 0.522. The molecular weight excluding hydrogens is 545 g/mol. The zero-order valence-electron chi connectivity index (χ0n) is 24.4. The fourth-order valence-electron chi connectivity index (χ4n) is 3.98. The van der Waals surface area contributed by atoms with Gasteiger partial charge in [-0.05, 0) is 43.2 Å². The molecule has 3 rings (SSSR count). The molecule has 4 N–H and O–H groups in total. The molecule has 38 heavy (non-hydrogen) atoms. The number of nitrogens with zero attached hydrogens (tertiary/aromatic N) is 2. The summed E-state index contributed by atoms with van der Waals surface area (Å²) in [5.41, 5.74) is 10.4. The second kappa shape index (κ2) is 9.52. The molecular formula is C24H44N4O7SSi2. The van der Waals surface area contributed by atoms with E-state index in [0.717, 1.165) is 5.41 Å². The molecule has 1 saturated heterocycles. The summed E-state index contributed by atoms with van der Waals surface area (Å²) < 4.78 is 52.5. The van der Waals surface area contributed by atoms with Crippen LogP contribution in [-0.2, 0) is 27.9 Å². The van der Waals surface area contributed by atoms with Crippen molar-refractivity contribution in [1.29, 1.82) is 0 Å². The van der Waals surface area contributed by atoms with Crippen LogP contribution in [0, 0.1) is 6.92 Å². The zero-order chi connectivity index (χ0) is 29.3. The molecule has 4 atom stereocenters. The van der Waals surface area contributed by atoms with E-state index in [4.69, 9.17) is 29.2 Å². The van der Waals surface area contributed by atoms with Gasteiger partial charge in [-0.1, -0.05) is 41.5 Å². The number of aryl methyl sites for hydroxylation is 1. The Morgan fingerprint density at radius 3 is 2.11 bits per heavy atom. The average Bonchev–Trinajstić information content (AvgIpc) is 3.14. The van der Waals surface area contributed by atoms with Gasteiger partial charge in [0, 0.05) is 11.8 Å². The van der Waals surface area contributed by atoms with Crippen molar-refractivity contribution >= 4 is 32.6 Å². The number of rotatable bonds is 6. The lowest BCUT2D eigenvalue weighted by atomic mass is 9.89. The van der Waals surface area contributed by atoms with E-state index in [-0.39, 0.29) is 28.2 Å². The molecule has 3 heterocycles. The molecule has 2 aliphatic rings. The van der Waals surface area contributed by atoms with Crippen molar-refractivity contribution in [2.24, 2.45) is 5.73 Å². The number of anilines is 1. The first kappa shape index (κ1) is 31.0. The summed E-state index contributed by atoms with van der Waals surface area (Å²) in [6.07, 6.45) is -1.65. The van der Waals surface area contributed by atoms with Crippen molar-refractivity contribution in [3.8, 4) is 0 Å². The lowest BCUT2D eigenvalue weighted by molar-refractivity contribution is -0.0562. The highest BCUT2D eigenvalue weighted by molar-refractivity contribution is 7.90. The van der Waals surface area contributed by atoms with Crippen LogP contribution >= 0.6 is 0 Å². The molecule has 0 radical (unpaired) electrons. The summed E-state index contributed by atoms with van der Waals surface area (Å²) >= 11 is 0. The number of nitrogens with two attached hydrogens (primary N) is 2. The topological polar surface area (TPSA) is 158 Å². The summed E-state index contributed by atoms with van der Waals surface area (Å²) in [5.74, 6) is 0.0951. The predicted molar refractivity (Wildman–Crippen MR) is 152 cm³/mol. The van der Waals surface area contributed by atoms with Crippen LogP contribution in [0.4, 0.5) is 5.82 Å². The van der Waals surface area contributed by atoms with Gasteiger partial charge in [-0.2, -0.15) is 13.4 Å². The molecule has 1 aromatic rings. The molecule has 0 aliphatic carbocycles. The Labute approximate surface area is 228 Å². The lowest BCUT2D eigenvalue weighted by Crippen LogP contribution is -2.59. The van der Waals surface area contributed by atoms with Gasteiger partial charge in [0.25, 0.3) is 10.1 Å². The first-order valence-electron chi connectivity index (χ1n) is 12.7. The summed E-state index contributed by atoms with van der Waals surface area (Å²) in [4.78, 5) is 17.0. The van der Waals surface area contributed by atoms with Gasteiger partial charge in [-0.25, -0.2) is 8.98 Å². The quantitative estimate of drug-likeness (QED) is 0.373. The van der Waals surface area contributed by atoms with Crippen LogP contribution in [0.1, 0.15) is 53.3 Å². The molecule has 1 unspecified atom stereocenters. The fraction of sp³-hybridized carbons (Fsp3) is 0.750. The minimum atomic E-state index is -4.16. The molecule has 1 spiro atoms. The standard InChI is InChI=1S/C24H44N4O7SSi2/c1-15-12-28(21(29)27-19(15)26)20-18(34-38(10,11)23(5,6)7)24(16(25)14-36(30,31)35-24)17(33-20)13-32-37(8,9)22(2,3)4/h12,14,17-18,20H,13,25H2,1-11H3,(H2,26,27,29)/t17-,18+,20-,24?/m1/s1. The number of hydrogen-bond donors (Lipinski definition) is 2. The molecule has 0 aromatic carbocycles. The molecule has 0 saturated carbocycles. The van der Waals surface area contributed by atoms with E-state index in [0.29, 0.717) is 5.56 Å². The highest BCUT2D eigenvalue weighted by Gasteiger charge is 2.67. The Hall–Kier alpha value is -1.56. The van der Waals surface area contributed by atoms with Crippen LogP contribution in [0.25, 0.3) is 0 Å². The van der Waals surface area contributed by atoms with E-state index in [9.17, 15) is 13.2 Å². The fourth-order valence-corrected chi connectivity index (χ4v) is 7.48. The van der Waals surface area contributed by atoms with Crippen molar-refractivity contribution < 1.29 is 26.2 Å². The third-order valence-corrected chi connectivity index (χ3v) is 18.5. The number of nitrogen functional groups attached to an aromatic ring is 1. The number of ether oxygens (including phenoxy) is 1. The lowest BCUT2D eigenvalue weighted by Gasteiger charge is -2.43. The van der Waals surface area contributed by atoms with Gasteiger partial charge < -0.3 is 25.1 Å². The maximum absolute atomic E-state index is 13.1. The number of aromatic nitrogens is 2. The van der Waals surface area contributed by atoms with Crippen molar-refractivity contribution in [2.45, 2.75) is 109 Å². The number of hydrogen-bond acceptors (Lipinski definition) is 10. The maximum Gasteiger partial charge on any atom is 0.351 e. The average molecular weight is 589 g/mol. The van der Waals surface area contributed by atoms with Crippen molar-refractivity contribution in [3.05, 3.63) is 33.3 Å². The van der Waals surface area contributed by atoms with E-state index < -0.39 is 56.5 Å². The monoisotopic (exact) mass is 588 g/mol. The van der Waals surface area contributed by atoms with Crippen LogP contribution in [-0.4, -0.2) is 59.0 Å². The van der Waals surface area contributed by atoms with E-state index >= 15 is 0 Å². The van der Waals surface area contributed by atoms with E-state index in [1.165, 1.54) is 10.8 Å². The van der Waals surface area contributed by atoms with Gasteiger partial charge in [-0.15, -0.1) is 0 Å². The molecule has 2 aliphatic heterocycles. The van der Waals surface area contributed by atoms with E-state index in [1.807, 2.05) is 13.1 Å². The van der Waals surface area contributed by atoms with Gasteiger partial charge in [-0.3, -0.25) is 4.57 Å². The minimum Gasteiger partial charge on any atom is -0.414 e. The van der Waals surface area contributed by atoms with Crippen molar-refractivity contribution in [2.75, 3.05) is 12.3 Å². The third kappa shape index (κ3) is 5.40. The SMILES string of the molecule is Cc1cn([C@@H]2O[C@H](CO[Si](C)(C)C(C)(C)C)C3(OS(=O)(=O)C=C3N)[C@H]2O[Si](C)(C)C(C)(C)C)c(=O)nc1N. The Kier molecular flexibility index (Phi) is 7.76. The molecule has 0 amide bonds. The normalized spacial score (nSPS) is 28.2. The summed E-state index contributed by atoms with van der Waals surface area (Å²) in [7, 11) is -9.06. The zero-order valence-corrected chi connectivity index (χ0v) is 27.2. The largest absolute Gasteiger partial charge is 0.414 e. The van der Waals surface area contributed by atoms with E-state index in [1.54, 1.807) is 6.92 Å². The van der Waals surface area contributed by atoms with Gasteiger partial charge >= 0.3 is 5.69 Å².